The number of aliphatic hydroxyl groups excluding tert-OH is 9. The quantitative estimate of drug-likeness (QED) is 0.0941. The summed E-state index contributed by atoms with van der Waals surface area (Å²) in [6, 6.07) is 0. The summed E-state index contributed by atoms with van der Waals surface area (Å²) in [4.78, 5) is 0. The second kappa shape index (κ2) is 14.0. The normalized spacial score (nSPS) is 53.3. The van der Waals surface area contributed by atoms with Gasteiger partial charge in [-0.25, -0.2) is 4.18 Å². The first-order chi connectivity index (χ1) is 22.2. The third-order valence-electron chi connectivity index (χ3n) is 8.90. The molecule has 0 unspecified atom stereocenters. The van der Waals surface area contributed by atoms with Crippen LogP contribution in [0.1, 0.15) is 0 Å². The summed E-state index contributed by atoms with van der Waals surface area (Å²) in [6.07, 6.45) is -30.5. The molecule has 272 valence electrons. The first kappa shape index (κ1) is 36.0. The lowest BCUT2D eigenvalue weighted by atomic mass is 9.96. The molecular formula is C24H38O22S. The summed E-state index contributed by atoms with van der Waals surface area (Å²) in [5.41, 5.74) is 0. The van der Waals surface area contributed by atoms with Gasteiger partial charge in [0.2, 0.25) is 0 Å². The zero-order chi connectivity index (χ0) is 33.9. The minimum atomic E-state index is -5.20. The molecule has 0 aromatic rings. The topological polar surface area (TPSA) is 329 Å². The highest BCUT2D eigenvalue weighted by Gasteiger charge is 2.59. The smallest absolute Gasteiger partial charge is 0.394 e. The van der Waals surface area contributed by atoms with E-state index in [1.54, 1.807) is 0 Å². The number of aliphatic hydroxyl groups is 9. The lowest BCUT2D eigenvalue weighted by Gasteiger charge is -2.47. The largest absolute Gasteiger partial charge is 0.397 e. The molecule has 6 saturated heterocycles. The zero-order valence-electron chi connectivity index (χ0n) is 24.2. The second-order valence-electron chi connectivity index (χ2n) is 11.9. The van der Waals surface area contributed by atoms with Crippen molar-refractivity contribution in [2.75, 3.05) is 26.4 Å². The van der Waals surface area contributed by atoms with Crippen LogP contribution in [0.5, 0.6) is 0 Å². The van der Waals surface area contributed by atoms with Crippen LogP contribution in [0.25, 0.3) is 0 Å². The van der Waals surface area contributed by atoms with Crippen LogP contribution in [-0.4, -0.2) is 208 Å². The number of fused-ring (bicyclic) bond motifs is 4. The van der Waals surface area contributed by atoms with Crippen LogP contribution in [0.3, 0.4) is 0 Å². The number of ether oxygens (including phenoxy) is 9. The van der Waals surface area contributed by atoms with Gasteiger partial charge in [0.05, 0.1) is 26.4 Å². The van der Waals surface area contributed by atoms with Gasteiger partial charge in [0.15, 0.2) is 25.2 Å². The van der Waals surface area contributed by atoms with E-state index in [9.17, 15) is 58.9 Å². The predicted molar refractivity (Wildman–Crippen MR) is 138 cm³/mol. The van der Waals surface area contributed by atoms with E-state index in [2.05, 4.69) is 4.18 Å². The Morgan fingerprint density at radius 1 is 0.553 bits per heavy atom. The van der Waals surface area contributed by atoms with Crippen molar-refractivity contribution in [3.8, 4) is 0 Å². The van der Waals surface area contributed by atoms with Crippen LogP contribution in [0.2, 0.25) is 0 Å². The van der Waals surface area contributed by atoms with E-state index in [0.717, 1.165) is 0 Å². The molecule has 6 aliphatic heterocycles. The summed E-state index contributed by atoms with van der Waals surface area (Å²) in [7, 11) is -5.20. The fourth-order valence-corrected chi connectivity index (χ4v) is 7.03. The van der Waals surface area contributed by atoms with E-state index < -0.39 is 146 Å². The van der Waals surface area contributed by atoms with E-state index in [1.165, 1.54) is 0 Å². The molecule has 0 radical (unpaired) electrons. The molecule has 10 N–H and O–H groups in total. The summed E-state index contributed by atoms with van der Waals surface area (Å²) in [5.74, 6) is 0. The van der Waals surface area contributed by atoms with Gasteiger partial charge in [0, 0.05) is 0 Å². The molecule has 0 aliphatic carbocycles. The fourth-order valence-electron chi connectivity index (χ4n) is 6.52. The Labute approximate surface area is 265 Å². The molecule has 0 aromatic carbocycles. The molecule has 47 heavy (non-hydrogen) atoms. The zero-order valence-corrected chi connectivity index (χ0v) is 25.0. The van der Waals surface area contributed by atoms with Gasteiger partial charge in [-0.1, -0.05) is 0 Å². The minimum absolute atomic E-state index is 0.0333. The molecular weight excluding hydrogens is 672 g/mol. The SMILES string of the molecule is O=S(=O)(O)O[C@@H]1[C@H](O[C@H]2O[C@@H]3CO[C@H]([C@H]2O)[C@H]3O[C@@H]2O[C@H](CO)[C@H](O)[C@H](O[C@H]3O[C@@H]4CO[C@@H]([C@H]4O)[C@H]3O)[C@H]2O)[C@@H](O)[C@H](O)O[C@@H]1CO. The third kappa shape index (κ3) is 6.93. The molecule has 0 amide bonds. The standard InChI is InChI=1S/C24H38O22S/c25-1-5-9(27)18(44-22-12(30)17-10(28)7(41-22)3-37-17)13(31)23(40-5)43-15-8-4-38-19(15)14(32)24(42-8)45-20-11(29)21(33)39-6(2-26)16(20)46-47(34,35)36/h5-33H,1-4H2,(H,34,35,36)/t5-,6-,7-,8-,9+,10+,11-,12-,13-,14-,15+,16+,17+,18+,19-,20-,21-,22-,23+,24-/m1/s1. The Hall–Kier alpha value is -0.850. The molecule has 23 heteroatoms. The number of hydrogen-bond acceptors (Lipinski definition) is 21. The van der Waals surface area contributed by atoms with Gasteiger partial charge in [0.1, 0.15) is 97.7 Å². The molecule has 0 saturated carbocycles. The first-order valence-corrected chi connectivity index (χ1v) is 16.0. The van der Waals surface area contributed by atoms with Crippen molar-refractivity contribution in [2.45, 2.75) is 123 Å². The van der Waals surface area contributed by atoms with Gasteiger partial charge in [-0.15, -0.1) is 0 Å². The van der Waals surface area contributed by atoms with Crippen LogP contribution in [0, 0.1) is 0 Å². The molecule has 0 spiro atoms. The first-order valence-electron chi connectivity index (χ1n) is 14.7. The maximum Gasteiger partial charge on any atom is 0.397 e. The lowest BCUT2D eigenvalue weighted by Crippen LogP contribution is -2.66. The average molecular weight is 711 g/mol. The van der Waals surface area contributed by atoms with Gasteiger partial charge in [-0.2, -0.15) is 8.42 Å². The molecule has 6 fully saturated rings. The monoisotopic (exact) mass is 710 g/mol. The lowest BCUT2D eigenvalue weighted by molar-refractivity contribution is -0.371. The van der Waals surface area contributed by atoms with Crippen LogP contribution in [0.15, 0.2) is 0 Å². The van der Waals surface area contributed by atoms with Gasteiger partial charge in [0.25, 0.3) is 0 Å². The highest BCUT2D eigenvalue weighted by atomic mass is 32.3. The maximum absolute atomic E-state index is 11.5. The molecule has 4 bridgehead atoms. The van der Waals surface area contributed by atoms with Crippen molar-refractivity contribution < 1.29 is 106 Å². The fraction of sp³-hybridized carbons (Fsp3) is 1.00. The van der Waals surface area contributed by atoms with E-state index in [1.807, 2.05) is 0 Å². The van der Waals surface area contributed by atoms with Crippen LogP contribution in [0.4, 0.5) is 0 Å². The Kier molecular flexibility index (Phi) is 10.7. The second-order valence-corrected chi connectivity index (χ2v) is 12.9. The van der Waals surface area contributed by atoms with E-state index in [0.29, 0.717) is 0 Å². The Morgan fingerprint density at radius 3 is 1.77 bits per heavy atom. The minimum Gasteiger partial charge on any atom is -0.394 e. The summed E-state index contributed by atoms with van der Waals surface area (Å²) >= 11 is 0. The molecule has 6 heterocycles. The van der Waals surface area contributed by atoms with Gasteiger partial charge < -0.3 is 88.6 Å². The summed E-state index contributed by atoms with van der Waals surface area (Å²) < 4.78 is 86.6. The molecule has 22 nitrogen and oxygen atoms in total. The highest BCUT2D eigenvalue weighted by Crippen LogP contribution is 2.38. The van der Waals surface area contributed by atoms with Crippen molar-refractivity contribution >= 4 is 10.4 Å². The molecule has 0 aromatic heterocycles. The molecule has 20 atom stereocenters. The number of hydrogen-bond donors (Lipinski definition) is 10. The average Bonchev–Trinajstić information content (AvgIpc) is 3.48. The maximum atomic E-state index is 11.5. The highest BCUT2D eigenvalue weighted by molar-refractivity contribution is 7.80. The van der Waals surface area contributed by atoms with Crippen molar-refractivity contribution in [1.82, 2.24) is 0 Å². The predicted octanol–water partition coefficient (Wildman–Crippen LogP) is -7.83. The Morgan fingerprint density at radius 2 is 1.11 bits per heavy atom. The summed E-state index contributed by atoms with van der Waals surface area (Å²) in [5, 5.41) is 93.7. The van der Waals surface area contributed by atoms with E-state index in [-0.39, 0.29) is 13.2 Å². The van der Waals surface area contributed by atoms with E-state index in [4.69, 9.17) is 42.6 Å². The van der Waals surface area contributed by atoms with Crippen LogP contribution in [-0.2, 0) is 57.2 Å². The summed E-state index contributed by atoms with van der Waals surface area (Å²) in [6.45, 7) is -1.96. The van der Waals surface area contributed by atoms with Crippen molar-refractivity contribution in [2.24, 2.45) is 0 Å². The molecule has 6 rings (SSSR count). The third-order valence-corrected chi connectivity index (χ3v) is 9.37. The van der Waals surface area contributed by atoms with Gasteiger partial charge in [-0.05, 0) is 0 Å². The van der Waals surface area contributed by atoms with Crippen molar-refractivity contribution in [3.63, 3.8) is 0 Å². The Balaban J connectivity index is 1.14. The van der Waals surface area contributed by atoms with Crippen LogP contribution >= 0.6 is 0 Å². The van der Waals surface area contributed by atoms with E-state index >= 15 is 0 Å². The van der Waals surface area contributed by atoms with Crippen LogP contribution < -0.4 is 0 Å². The van der Waals surface area contributed by atoms with Gasteiger partial charge >= 0.3 is 10.4 Å². The van der Waals surface area contributed by atoms with Crippen molar-refractivity contribution in [1.29, 1.82) is 0 Å². The van der Waals surface area contributed by atoms with Crippen molar-refractivity contribution in [3.05, 3.63) is 0 Å². The van der Waals surface area contributed by atoms with Gasteiger partial charge in [-0.3, -0.25) is 4.55 Å². The molecule has 6 aliphatic rings. The number of rotatable bonds is 10. The Bertz CT molecular complexity index is 1180.